The summed E-state index contributed by atoms with van der Waals surface area (Å²) in [6.45, 7) is 1.31. The highest BCUT2D eigenvalue weighted by molar-refractivity contribution is 6.31. The van der Waals surface area contributed by atoms with Gasteiger partial charge in [-0.1, -0.05) is 23.7 Å². The third-order valence-electron chi connectivity index (χ3n) is 3.50. The van der Waals surface area contributed by atoms with Crippen LogP contribution in [0.1, 0.15) is 12.8 Å². The summed E-state index contributed by atoms with van der Waals surface area (Å²) in [4.78, 5) is 8.88. The normalized spacial score (nSPS) is 11.2. The molecule has 4 nitrogen and oxygen atoms in total. The number of nitrogens with zero attached hydrogens (tertiary/aromatic N) is 3. The van der Waals surface area contributed by atoms with Crippen molar-refractivity contribution in [2.45, 2.75) is 19.4 Å². The van der Waals surface area contributed by atoms with Crippen LogP contribution in [0.25, 0.3) is 22.6 Å². The fourth-order valence-electron chi connectivity index (χ4n) is 2.46. The number of imidazole rings is 1. The number of nitrogens with two attached hydrogens (primary N) is 1. The molecule has 2 heterocycles. The maximum Gasteiger partial charge on any atom is 0.160 e. The molecule has 3 rings (SSSR count). The fourth-order valence-corrected chi connectivity index (χ4v) is 2.61. The van der Waals surface area contributed by atoms with Gasteiger partial charge < -0.3 is 10.3 Å². The maximum atomic E-state index is 14.1. The van der Waals surface area contributed by atoms with E-state index >= 15 is 0 Å². The van der Waals surface area contributed by atoms with Gasteiger partial charge in [-0.2, -0.15) is 0 Å². The summed E-state index contributed by atoms with van der Waals surface area (Å²) in [5.74, 6) is 0.267. The Bertz CT molecular complexity index is 800. The van der Waals surface area contributed by atoms with Crippen LogP contribution in [-0.4, -0.2) is 21.1 Å². The standard InChI is InChI=1S/C16H16ClFN4/c17-11-9-14-16(20-10-11)22(8-4-3-7-19)15(21-14)12-5-1-2-6-13(12)18/h1-2,5-6,9-10H,3-4,7-8,19H2. The second-order valence-electron chi connectivity index (χ2n) is 5.06. The van der Waals surface area contributed by atoms with E-state index in [2.05, 4.69) is 9.97 Å². The highest BCUT2D eigenvalue weighted by atomic mass is 35.5. The van der Waals surface area contributed by atoms with Crippen molar-refractivity contribution in [3.05, 3.63) is 47.4 Å². The third-order valence-corrected chi connectivity index (χ3v) is 3.71. The van der Waals surface area contributed by atoms with Gasteiger partial charge in [0.25, 0.3) is 0 Å². The number of hydrogen-bond acceptors (Lipinski definition) is 3. The summed E-state index contributed by atoms with van der Waals surface area (Å²) >= 11 is 5.98. The first-order chi connectivity index (χ1) is 10.7. The Hall–Kier alpha value is -1.98. The van der Waals surface area contributed by atoms with E-state index in [4.69, 9.17) is 17.3 Å². The van der Waals surface area contributed by atoms with E-state index in [1.165, 1.54) is 6.07 Å². The van der Waals surface area contributed by atoms with E-state index in [9.17, 15) is 4.39 Å². The lowest BCUT2D eigenvalue weighted by molar-refractivity contribution is 0.613. The van der Waals surface area contributed by atoms with Crippen molar-refractivity contribution in [1.82, 2.24) is 14.5 Å². The average Bonchev–Trinajstić information content (AvgIpc) is 2.85. The molecule has 0 aliphatic heterocycles. The van der Waals surface area contributed by atoms with Crippen molar-refractivity contribution >= 4 is 22.8 Å². The number of unbranched alkanes of at least 4 members (excludes halogenated alkanes) is 1. The van der Waals surface area contributed by atoms with E-state index in [0.29, 0.717) is 40.7 Å². The Labute approximate surface area is 132 Å². The molecule has 114 valence electrons. The minimum atomic E-state index is -0.302. The van der Waals surface area contributed by atoms with Crippen LogP contribution in [0.2, 0.25) is 5.02 Å². The number of aromatic nitrogens is 3. The molecule has 6 heteroatoms. The lowest BCUT2D eigenvalue weighted by atomic mass is 10.2. The van der Waals surface area contributed by atoms with E-state index in [-0.39, 0.29) is 5.82 Å². The van der Waals surface area contributed by atoms with Crippen molar-refractivity contribution in [3.8, 4) is 11.4 Å². The van der Waals surface area contributed by atoms with Crippen LogP contribution in [0.4, 0.5) is 4.39 Å². The summed E-state index contributed by atoms with van der Waals surface area (Å²) in [5.41, 5.74) is 7.39. The number of fused-ring (bicyclic) bond motifs is 1. The first kappa shape index (κ1) is 14.9. The molecule has 0 atom stereocenters. The predicted octanol–water partition coefficient (Wildman–Crippen LogP) is 3.63. The van der Waals surface area contributed by atoms with Gasteiger partial charge in [0.2, 0.25) is 0 Å². The number of rotatable bonds is 5. The molecular weight excluding hydrogens is 303 g/mol. The summed E-state index contributed by atoms with van der Waals surface area (Å²) in [7, 11) is 0. The quantitative estimate of drug-likeness (QED) is 0.731. The van der Waals surface area contributed by atoms with Crippen molar-refractivity contribution in [1.29, 1.82) is 0 Å². The molecule has 0 unspecified atom stereocenters. The molecule has 0 spiro atoms. The van der Waals surface area contributed by atoms with Gasteiger partial charge in [-0.15, -0.1) is 0 Å². The molecule has 0 fully saturated rings. The molecule has 0 saturated carbocycles. The van der Waals surface area contributed by atoms with E-state index in [1.807, 2.05) is 4.57 Å². The lowest BCUT2D eigenvalue weighted by Gasteiger charge is -2.09. The van der Waals surface area contributed by atoms with Gasteiger partial charge in [-0.3, -0.25) is 0 Å². The fraction of sp³-hybridized carbons (Fsp3) is 0.250. The van der Waals surface area contributed by atoms with Gasteiger partial charge in [-0.05, 0) is 37.6 Å². The zero-order chi connectivity index (χ0) is 15.5. The first-order valence-corrected chi connectivity index (χ1v) is 7.55. The first-order valence-electron chi connectivity index (χ1n) is 7.17. The van der Waals surface area contributed by atoms with Crippen LogP contribution in [0.3, 0.4) is 0 Å². The number of halogens is 2. The van der Waals surface area contributed by atoms with Gasteiger partial charge in [0.05, 0.1) is 10.6 Å². The molecule has 0 radical (unpaired) electrons. The smallest absolute Gasteiger partial charge is 0.160 e. The van der Waals surface area contributed by atoms with Crippen molar-refractivity contribution < 1.29 is 4.39 Å². The summed E-state index contributed by atoms with van der Waals surface area (Å²) < 4.78 is 16.1. The Kier molecular flexibility index (Phi) is 4.36. The number of aryl methyl sites for hydroxylation is 1. The highest BCUT2D eigenvalue weighted by Crippen LogP contribution is 2.27. The Morgan fingerprint density at radius 1 is 1.23 bits per heavy atom. The maximum absolute atomic E-state index is 14.1. The van der Waals surface area contributed by atoms with Crippen LogP contribution in [0.5, 0.6) is 0 Å². The van der Waals surface area contributed by atoms with Crippen LogP contribution in [0, 0.1) is 5.82 Å². The number of pyridine rings is 1. The number of hydrogen-bond donors (Lipinski definition) is 1. The molecule has 1 aromatic carbocycles. The molecular formula is C16H16ClFN4. The average molecular weight is 319 g/mol. The van der Waals surface area contributed by atoms with Crippen LogP contribution in [-0.2, 0) is 6.54 Å². The van der Waals surface area contributed by atoms with Gasteiger partial charge in [0.15, 0.2) is 5.65 Å². The van der Waals surface area contributed by atoms with Gasteiger partial charge in [-0.25, -0.2) is 14.4 Å². The van der Waals surface area contributed by atoms with E-state index in [0.717, 1.165) is 12.8 Å². The molecule has 2 aromatic heterocycles. The highest BCUT2D eigenvalue weighted by Gasteiger charge is 2.16. The van der Waals surface area contributed by atoms with Crippen molar-refractivity contribution in [2.24, 2.45) is 5.73 Å². The summed E-state index contributed by atoms with van der Waals surface area (Å²) in [5, 5.41) is 0.513. The summed E-state index contributed by atoms with van der Waals surface area (Å²) in [6, 6.07) is 8.35. The molecule has 22 heavy (non-hydrogen) atoms. The topological polar surface area (TPSA) is 56.7 Å². The minimum Gasteiger partial charge on any atom is -0.330 e. The third kappa shape index (κ3) is 2.82. The molecule has 0 amide bonds. The van der Waals surface area contributed by atoms with Crippen molar-refractivity contribution in [3.63, 3.8) is 0 Å². The lowest BCUT2D eigenvalue weighted by Crippen LogP contribution is -2.05. The second kappa shape index (κ2) is 6.42. The van der Waals surface area contributed by atoms with Crippen LogP contribution < -0.4 is 5.73 Å². The Balaban J connectivity index is 2.15. The van der Waals surface area contributed by atoms with Crippen LogP contribution >= 0.6 is 11.6 Å². The van der Waals surface area contributed by atoms with Crippen LogP contribution in [0.15, 0.2) is 36.5 Å². The zero-order valence-corrected chi connectivity index (χ0v) is 12.7. The Morgan fingerprint density at radius 2 is 2.05 bits per heavy atom. The van der Waals surface area contributed by atoms with E-state index in [1.54, 1.807) is 30.5 Å². The number of benzene rings is 1. The van der Waals surface area contributed by atoms with Gasteiger partial charge in [0.1, 0.15) is 17.2 Å². The molecule has 3 aromatic rings. The SMILES string of the molecule is NCCCCn1c(-c2ccccc2F)nc2cc(Cl)cnc21. The van der Waals surface area contributed by atoms with E-state index < -0.39 is 0 Å². The van der Waals surface area contributed by atoms with Crippen molar-refractivity contribution in [2.75, 3.05) is 6.54 Å². The molecule has 0 saturated heterocycles. The Morgan fingerprint density at radius 3 is 2.82 bits per heavy atom. The molecule has 0 aliphatic carbocycles. The monoisotopic (exact) mass is 318 g/mol. The van der Waals surface area contributed by atoms with Gasteiger partial charge >= 0.3 is 0 Å². The largest absolute Gasteiger partial charge is 0.330 e. The second-order valence-corrected chi connectivity index (χ2v) is 5.50. The summed E-state index contributed by atoms with van der Waals surface area (Å²) in [6.07, 6.45) is 3.35. The molecule has 0 aliphatic rings. The minimum absolute atomic E-state index is 0.302. The molecule has 0 bridgehead atoms. The molecule has 2 N–H and O–H groups in total. The predicted molar refractivity (Wildman–Crippen MR) is 86.2 cm³/mol. The zero-order valence-electron chi connectivity index (χ0n) is 12.0. The van der Waals surface area contributed by atoms with Gasteiger partial charge in [0, 0.05) is 12.7 Å².